The Kier molecular flexibility index (Phi) is 3.66. The molecule has 0 heterocycles. The summed E-state index contributed by atoms with van der Waals surface area (Å²) >= 11 is 3.35. The molecule has 6 heteroatoms. The Labute approximate surface area is 111 Å². The fourth-order valence-corrected chi connectivity index (χ4v) is 2.52. The first-order valence-electron chi connectivity index (χ1n) is 5.51. The SMILES string of the molecule is O=C(NC1CCc2cc(Br)ccc2C1)C(F)(F)F. The van der Waals surface area contributed by atoms with Gasteiger partial charge in [-0.1, -0.05) is 22.0 Å². The van der Waals surface area contributed by atoms with Crippen molar-refractivity contribution in [3.63, 3.8) is 0 Å². The molecule has 1 amide bonds. The molecule has 1 unspecified atom stereocenters. The summed E-state index contributed by atoms with van der Waals surface area (Å²) in [6.45, 7) is 0. The van der Waals surface area contributed by atoms with Crippen molar-refractivity contribution >= 4 is 21.8 Å². The molecule has 0 spiro atoms. The van der Waals surface area contributed by atoms with Gasteiger partial charge in [-0.15, -0.1) is 0 Å². The van der Waals surface area contributed by atoms with Crippen molar-refractivity contribution in [2.75, 3.05) is 0 Å². The summed E-state index contributed by atoms with van der Waals surface area (Å²) < 4.78 is 37.4. The minimum absolute atomic E-state index is 0.437. The number of rotatable bonds is 1. The summed E-state index contributed by atoms with van der Waals surface area (Å²) in [5.74, 6) is -1.85. The van der Waals surface area contributed by atoms with Crippen molar-refractivity contribution < 1.29 is 18.0 Å². The number of alkyl halides is 3. The van der Waals surface area contributed by atoms with E-state index in [1.54, 1.807) is 0 Å². The van der Waals surface area contributed by atoms with E-state index in [1.165, 1.54) is 0 Å². The van der Waals surface area contributed by atoms with E-state index in [0.29, 0.717) is 19.3 Å². The van der Waals surface area contributed by atoms with Crippen LogP contribution in [0.25, 0.3) is 0 Å². The molecular weight excluding hydrogens is 311 g/mol. The van der Waals surface area contributed by atoms with Crippen LogP contribution in [0.1, 0.15) is 17.5 Å². The fraction of sp³-hybridized carbons (Fsp3) is 0.417. The molecule has 98 valence electrons. The van der Waals surface area contributed by atoms with E-state index in [1.807, 2.05) is 23.5 Å². The Morgan fingerprint density at radius 2 is 2.06 bits per heavy atom. The number of carbonyl (C=O) groups excluding carboxylic acids is 1. The van der Waals surface area contributed by atoms with Crippen molar-refractivity contribution in [1.82, 2.24) is 5.32 Å². The van der Waals surface area contributed by atoms with Gasteiger partial charge in [0.2, 0.25) is 0 Å². The monoisotopic (exact) mass is 321 g/mol. The zero-order valence-corrected chi connectivity index (χ0v) is 10.9. The van der Waals surface area contributed by atoms with Gasteiger partial charge in [0.15, 0.2) is 0 Å². The van der Waals surface area contributed by atoms with E-state index in [4.69, 9.17) is 0 Å². The highest BCUT2D eigenvalue weighted by molar-refractivity contribution is 9.10. The summed E-state index contributed by atoms with van der Waals surface area (Å²) in [7, 11) is 0. The largest absolute Gasteiger partial charge is 0.471 e. The van der Waals surface area contributed by atoms with Crippen molar-refractivity contribution in [3.05, 3.63) is 33.8 Å². The zero-order valence-electron chi connectivity index (χ0n) is 9.35. The lowest BCUT2D eigenvalue weighted by Gasteiger charge is -2.26. The van der Waals surface area contributed by atoms with Gasteiger partial charge in [0, 0.05) is 10.5 Å². The van der Waals surface area contributed by atoms with E-state index in [9.17, 15) is 18.0 Å². The molecular formula is C12H11BrF3NO. The van der Waals surface area contributed by atoms with Gasteiger partial charge in [-0.3, -0.25) is 4.79 Å². The quantitative estimate of drug-likeness (QED) is 0.846. The normalized spacial score (nSPS) is 19.2. The highest BCUT2D eigenvalue weighted by atomic mass is 79.9. The third kappa shape index (κ3) is 3.04. The number of hydrogen-bond donors (Lipinski definition) is 1. The fourth-order valence-electron chi connectivity index (χ4n) is 2.11. The second-order valence-electron chi connectivity index (χ2n) is 4.32. The van der Waals surface area contributed by atoms with Crippen LogP contribution in [-0.4, -0.2) is 18.1 Å². The summed E-state index contributed by atoms with van der Waals surface area (Å²) in [6, 6.07) is 5.27. The molecule has 1 N–H and O–H groups in total. The van der Waals surface area contributed by atoms with Crippen LogP contribution in [0.15, 0.2) is 22.7 Å². The van der Waals surface area contributed by atoms with Crippen LogP contribution in [0.3, 0.4) is 0 Å². The summed E-state index contributed by atoms with van der Waals surface area (Å²) in [4.78, 5) is 10.9. The topological polar surface area (TPSA) is 29.1 Å². The number of fused-ring (bicyclic) bond motifs is 1. The van der Waals surface area contributed by atoms with Crippen LogP contribution in [-0.2, 0) is 17.6 Å². The average Bonchev–Trinajstić information content (AvgIpc) is 2.28. The van der Waals surface area contributed by atoms with E-state index in [-0.39, 0.29) is 0 Å². The van der Waals surface area contributed by atoms with Gasteiger partial charge >= 0.3 is 12.1 Å². The number of amides is 1. The van der Waals surface area contributed by atoms with E-state index >= 15 is 0 Å². The number of halogens is 4. The zero-order chi connectivity index (χ0) is 13.3. The molecule has 0 aliphatic heterocycles. The predicted octanol–water partition coefficient (Wildman–Crippen LogP) is 2.98. The van der Waals surface area contributed by atoms with Crippen LogP contribution in [0.4, 0.5) is 13.2 Å². The predicted molar refractivity (Wildman–Crippen MR) is 64.2 cm³/mol. The van der Waals surface area contributed by atoms with E-state index < -0.39 is 18.1 Å². The molecule has 1 atom stereocenters. The van der Waals surface area contributed by atoms with Crippen LogP contribution in [0, 0.1) is 0 Å². The van der Waals surface area contributed by atoms with Gasteiger partial charge in [0.05, 0.1) is 0 Å². The Balaban J connectivity index is 2.04. The Bertz CT molecular complexity index is 473. The van der Waals surface area contributed by atoms with E-state index in [0.717, 1.165) is 15.6 Å². The molecule has 0 bridgehead atoms. The molecule has 1 aromatic carbocycles. The minimum Gasteiger partial charge on any atom is -0.345 e. The highest BCUT2D eigenvalue weighted by Crippen LogP contribution is 2.25. The van der Waals surface area contributed by atoms with Gasteiger partial charge in [-0.05, 0) is 42.5 Å². The van der Waals surface area contributed by atoms with Gasteiger partial charge < -0.3 is 5.32 Å². The van der Waals surface area contributed by atoms with Crippen molar-refractivity contribution in [1.29, 1.82) is 0 Å². The summed E-state index contributed by atoms with van der Waals surface area (Å²) in [5, 5.41) is 2.04. The summed E-state index contributed by atoms with van der Waals surface area (Å²) in [6.07, 6.45) is -3.15. The molecule has 0 saturated carbocycles. The number of carbonyl (C=O) groups is 1. The first-order valence-corrected chi connectivity index (χ1v) is 6.30. The van der Waals surface area contributed by atoms with Crippen molar-refractivity contribution in [2.45, 2.75) is 31.5 Å². The smallest absolute Gasteiger partial charge is 0.345 e. The third-order valence-electron chi connectivity index (χ3n) is 2.99. The Morgan fingerprint density at radius 3 is 2.72 bits per heavy atom. The number of aryl methyl sites for hydroxylation is 1. The first-order chi connectivity index (χ1) is 8.36. The molecule has 0 fully saturated rings. The molecule has 0 saturated heterocycles. The molecule has 18 heavy (non-hydrogen) atoms. The molecule has 1 aromatic rings. The maximum atomic E-state index is 12.1. The molecule has 0 radical (unpaired) electrons. The first kappa shape index (κ1) is 13.4. The van der Waals surface area contributed by atoms with Gasteiger partial charge in [0.25, 0.3) is 0 Å². The second-order valence-corrected chi connectivity index (χ2v) is 5.24. The van der Waals surface area contributed by atoms with Crippen molar-refractivity contribution in [3.8, 4) is 0 Å². The lowest BCUT2D eigenvalue weighted by molar-refractivity contribution is -0.174. The molecule has 0 aromatic heterocycles. The van der Waals surface area contributed by atoms with Crippen LogP contribution < -0.4 is 5.32 Å². The average molecular weight is 322 g/mol. The van der Waals surface area contributed by atoms with Gasteiger partial charge in [0.1, 0.15) is 0 Å². The molecule has 2 nitrogen and oxygen atoms in total. The maximum absolute atomic E-state index is 12.1. The second kappa shape index (κ2) is 4.91. The molecule has 1 aliphatic rings. The molecule has 1 aliphatic carbocycles. The maximum Gasteiger partial charge on any atom is 0.471 e. The standard InChI is InChI=1S/C12H11BrF3NO/c13-9-3-1-8-6-10(4-2-7(8)5-9)17-11(18)12(14,15)16/h1,3,5,10H,2,4,6H2,(H,17,18). The van der Waals surface area contributed by atoms with Crippen LogP contribution >= 0.6 is 15.9 Å². The van der Waals surface area contributed by atoms with Gasteiger partial charge in [-0.25, -0.2) is 0 Å². The van der Waals surface area contributed by atoms with Crippen LogP contribution in [0.5, 0.6) is 0 Å². The lowest BCUT2D eigenvalue weighted by Crippen LogP contribution is -2.45. The van der Waals surface area contributed by atoms with Crippen molar-refractivity contribution in [2.24, 2.45) is 0 Å². The number of benzene rings is 1. The minimum atomic E-state index is -4.81. The third-order valence-corrected chi connectivity index (χ3v) is 3.48. The van der Waals surface area contributed by atoms with E-state index in [2.05, 4.69) is 15.9 Å². The van der Waals surface area contributed by atoms with Crippen LogP contribution in [0.2, 0.25) is 0 Å². The Morgan fingerprint density at radius 1 is 1.33 bits per heavy atom. The number of hydrogen-bond acceptors (Lipinski definition) is 1. The summed E-state index contributed by atoms with van der Waals surface area (Å²) in [5.41, 5.74) is 2.12. The van der Waals surface area contributed by atoms with Gasteiger partial charge in [-0.2, -0.15) is 13.2 Å². The highest BCUT2D eigenvalue weighted by Gasteiger charge is 2.40. The lowest BCUT2D eigenvalue weighted by atomic mass is 9.88. The molecule has 2 rings (SSSR count). The number of nitrogens with one attached hydrogen (secondary N) is 1. The Hall–Kier alpha value is -1.04.